The molecule has 0 aromatic carbocycles. The van der Waals surface area contributed by atoms with Crippen LogP contribution in [0.1, 0.15) is 70.6 Å². The van der Waals surface area contributed by atoms with Crippen LogP contribution in [-0.4, -0.2) is 34.8 Å². The number of likely N-dealkylation sites (tertiary alicyclic amines) is 1. The molecule has 1 heterocycles. The molecule has 4 nitrogen and oxygen atoms in total. The molecule has 1 saturated heterocycles. The lowest BCUT2D eigenvalue weighted by molar-refractivity contribution is -0.142. The lowest BCUT2D eigenvalue weighted by Gasteiger charge is -2.34. The van der Waals surface area contributed by atoms with Crippen molar-refractivity contribution >= 4 is 11.8 Å². The lowest BCUT2D eigenvalue weighted by Crippen LogP contribution is -2.51. The van der Waals surface area contributed by atoms with E-state index in [-0.39, 0.29) is 23.8 Å². The molecule has 4 fully saturated rings. The maximum Gasteiger partial charge on any atom is 0.243 e. The maximum atomic E-state index is 12.8. The molecule has 4 heteroatoms. The van der Waals surface area contributed by atoms with Gasteiger partial charge in [0.1, 0.15) is 6.04 Å². The van der Waals surface area contributed by atoms with Crippen molar-refractivity contribution in [2.24, 2.45) is 11.8 Å². The molecule has 0 spiro atoms. The minimum atomic E-state index is -0.179. The second-order valence-corrected chi connectivity index (χ2v) is 7.87. The molecule has 1 N–H and O–H groups in total. The fraction of sp³-hybridized carbons (Fsp3) is 0.889. The Balaban J connectivity index is 1.50. The Labute approximate surface area is 133 Å². The summed E-state index contributed by atoms with van der Waals surface area (Å²) in [6, 6.07) is 0.524. The number of amides is 2. The minimum Gasteiger partial charge on any atom is -0.352 e. The molecular formula is C18H28N2O2. The van der Waals surface area contributed by atoms with Gasteiger partial charge >= 0.3 is 0 Å². The monoisotopic (exact) mass is 304 g/mol. The van der Waals surface area contributed by atoms with Gasteiger partial charge in [-0.15, -0.1) is 0 Å². The Bertz CT molecular complexity index is 454. The van der Waals surface area contributed by atoms with Gasteiger partial charge in [-0.3, -0.25) is 9.59 Å². The number of fused-ring (bicyclic) bond motifs is 1. The largest absolute Gasteiger partial charge is 0.352 e. The number of rotatable bonds is 3. The Morgan fingerprint density at radius 1 is 0.864 bits per heavy atom. The normalized spacial score (nSPS) is 35.5. The van der Waals surface area contributed by atoms with E-state index >= 15 is 0 Å². The van der Waals surface area contributed by atoms with Crippen LogP contribution in [0.2, 0.25) is 0 Å². The van der Waals surface area contributed by atoms with Gasteiger partial charge in [-0.2, -0.15) is 0 Å². The summed E-state index contributed by atoms with van der Waals surface area (Å²) in [6.45, 7) is 0. The van der Waals surface area contributed by atoms with Crippen LogP contribution in [0.25, 0.3) is 0 Å². The summed E-state index contributed by atoms with van der Waals surface area (Å²) in [5, 5.41) is 3.24. The maximum absolute atomic E-state index is 12.8. The van der Waals surface area contributed by atoms with Crippen LogP contribution in [0, 0.1) is 11.8 Å². The molecule has 1 aliphatic heterocycles. The Morgan fingerprint density at radius 2 is 1.55 bits per heavy atom. The Kier molecular flexibility index (Phi) is 3.87. The van der Waals surface area contributed by atoms with E-state index in [1.54, 1.807) is 0 Å². The van der Waals surface area contributed by atoms with E-state index < -0.39 is 0 Å². The highest BCUT2D eigenvalue weighted by Crippen LogP contribution is 2.43. The summed E-state index contributed by atoms with van der Waals surface area (Å²) >= 11 is 0. The van der Waals surface area contributed by atoms with Crippen molar-refractivity contribution in [1.82, 2.24) is 10.2 Å². The van der Waals surface area contributed by atoms with Crippen LogP contribution in [0.3, 0.4) is 0 Å². The summed E-state index contributed by atoms with van der Waals surface area (Å²) in [6.07, 6.45) is 12.4. The van der Waals surface area contributed by atoms with Crippen molar-refractivity contribution in [2.75, 3.05) is 0 Å². The van der Waals surface area contributed by atoms with Crippen molar-refractivity contribution in [3.63, 3.8) is 0 Å². The van der Waals surface area contributed by atoms with E-state index in [9.17, 15) is 9.59 Å². The van der Waals surface area contributed by atoms with Gasteiger partial charge in [0.15, 0.2) is 0 Å². The number of hydrogen-bond acceptors (Lipinski definition) is 2. The molecule has 3 saturated carbocycles. The quantitative estimate of drug-likeness (QED) is 0.871. The zero-order valence-electron chi connectivity index (χ0n) is 13.4. The van der Waals surface area contributed by atoms with Crippen LogP contribution in [0.5, 0.6) is 0 Å². The summed E-state index contributed by atoms with van der Waals surface area (Å²) < 4.78 is 0. The topological polar surface area (TPSA) is 49.4 Å². The molecule has 2 amide bonds. The van der Waals surface area contributed by atoms with Gasteiger partial charge < -0.3 is 10.2 Å². The van der Waals surface area contributed by atoms with Crippen LogP contribution in [-0.2, 0) is 9.59 Å². The molecule has 3 atom stereocenters. The molecular weight excluding hydrogens is 276 g/mol. The van der Waals surface area contributed by atoms with E-state index in [1.807, 2.05) is 4.90 Å². The highest BCUT2D eigenvalue weighted by Gasteiger charge is 2.50. The summed E-state index contributed by atoms with van der Waals surface area (Å²) in [5.41, 5.74) is 0. The first-order valence-corrected chi connectivity index (χ1v) is 9.36. The summed E-state index contributed by atoms with van der Waals surface area (Å²) in [5.74, 6) is 1.20. The first-order chi connectivity index (χ1) is 10.7. The third kappa shape index (κ3) is 2.65. The summed E-state index contributed by atoms with van der Waals surface area (Å²) in [7, 11) is 0. The Morgan fingerprint density at radius 3 is 2.27 bits per heavy atom. The van der Waals surface area contributed by atoms with Crippen molar-refractivity contribution in [3.8, 4) is 0 Å². The van der Waals surface area contributed by atoms with Gasteiger partial charge in [0.2, 0.25) is 11.8 Å². The van der Waals surface area contributed by atoms with Crippen LogP contribution < -0.4 is 5.32 Å². The Hall–Kier alpha value is -1.06. The van der Waals surface area contributed by atoms with Gasteiger partial charge in [-0.25, -0.2) is 0 Å². The molecule has 0 aromatic heterocycles. The number of hydrogen-bond donors (Lipinski definition) is 1. The van der Waals surface area contributed by atoms with Crippen LogP contribution in [0.4, 0.5) is 0 Å². The number of carbonyl (C=O) groups excluding carboxylic acids is 2. The first kappa shape index (κ1) is 14.5. The highest BCUT2D eigenvalue weighted by molar-refractivity contribution is 5.90. The molecule has 0 radical (unpaired) electrons. The summed E-state index contributed by atoms with van der Waals surface area (Å²) in [4.78, 5) is 27.6. The lowest BCUT2D eigenvalue weighted by atomic mass is 9.84. The molecule has 3 aliphatic carbocycles. The molecule has 3 unspecified atom stereocenters. The van der Waals surface area contributed by atoms with Gasteiger partial charge in [0.05, 0.1) is 0 Å². The van der Waals surface area contributed by atoms with E-state index in [2.05, 4.69) is 5.32 Å². The molecule has 4 aliphatic rings. The zero-order valence-corrected chi connectivity index (χ0v) is 13.4. The van der Waals surface area contributed by atoms with Gasteiger partial charge in [-0.05, 0) is 50.9 Å². The second kappa shape index (κ2) is 5.86. The van der Waals surface area contributed by atoms with Gasteiger partial charge in [-0.1, -0.05) is 25.7 Å². The van der Waals surface area contributed by atoms with Gasteiger partial charge in [0, 0.05) is 18.0 Å². The molecule has 22 heavy (non-hydrogen) atoms. The van der Waals surface area contributed by atoms with Crippen molar-refractivity contribution in [3.05, 3.63) is 0 Å². The van der Waals surface area contributed by atoms with Crippen molar-refractivity contribution in [2.45, 2.75) is 88.8 Å². The second-order valence-electron chi connectivity index (χ2n) is 7.87. The van der Waals surface area contributed by atoms with Crippen LogP contribution >= 0.6 is 0 Å². The molecule has 122 valence electrons. The molecule has 0 bridgehead atoms. The van der Waals surface area contributed by atoms with E-state index in [4.69, 9.17) is 0 Å². The predicted octanol–water partition coefficient (Wildman–Crippen LogP) is 2.61. The minimum absolute atomic E-state index is 0.135. The fourth-order valence-corrected chi connectivity index (χ4v) is 4.92. The molecule has 0 aromatic rings. The average Bonchev–Trinajstić information content (AvgIpc) is 3.11. The van der Waals surface area contributed by atoms with Crippen molar-refractivity contribution in [1.29, 1.82) is 0 Å². The third-order valence-electron chi connectivity index (χ3n) is 6.27. The third-order valence-corrected chi connectivity index (χ3v) is 6.27. The standard InChI is InChI=1S/C18H28N2O2/c21-17(19-14-6-2-3-7-14)16-11-13-5-1-4-8-15(13)20(16)18(22)12-9-10-12/h12-16H,1-11H2,(H,19,21). The van der Waals surface area contributed by atoms with Gasteiger partial charge in [0.25, 0.3) is 0 Å². The number of carbonyl (C=O) groups is 2. The van der Waals surface area contributed by atoms with E-state index in [1.165, 1.54) is 32.1 Å². The van der Waals surface area contributed by atoms with E-state index in [0.717, 1.165) is 38.5 Å². The van der Waals surface area contributed by atoms with E-state index in [0.29, 0.717) is 18.0 Å². The number of nitrogens with one attached hydrogen (secondary N) is 1. The van der Waals surface area contributed by atoms with Crippen LogP contribution in [0.15, 0.2) is 0 Å². The smallest absolute Gasteiger partial charge is 0.243 e. The highest BCUT2D eigenvalue weighted by atomic mass is 16.2. The molecule has 4 rings (SSSR count). The fourth-order valence-electron chi connectivity index (χ4n) is 4.92. The SMILES string of the molecule is O=C(NC1CCCC1)C1CC2CCCCC2N1C(=O)C1CC1. The zero-order chi connectivity index (χ0) is 15.1. The van der Waals surface area contributed by atoms with Crippen molar-refractivity contribution < 1.29 is 9.59 Å². The first-order valence-electron chi connectivity index (χ1n) is 9.36. The number of nitrogens with zero attached hydrogens (tertiary/aromatic N) is 1. The average molecular weight is 304 g/mol. The predicted molar refractivity (Wildman–Crippen MR) is 84.1 cm³/mol.